The number of halogens is 1. The smallest absolute Gasteiger partial charge is 0.399 e. The van der Waals surface area contributed by atoms with Crippen molar-refractivity contribution in [2.24, 2.45) is 0 Å². The third-order valence-corrected chi connectivity index (χ3v) is 5.35. The number of amides is 1. The summed E-state index contributed by atoms with van der Waals surface area (Å²) in [7, 11) is -0.436. The summed E-state index contributed by atoms with van der Waals surface area (Å²) in [6.07, 6.45) is 0. The molecule has 4 nitrogen and oxygen atoms in total. The highest BCUT2D eigenvalue weighted by Crippen LogP contribution is 2.36. The Morgan fingerprint density at radius 1 is 0.926 bits per heavy atom. The Labute approximate surface area is 160 Å². The van der Waals surface area contributed by atoms with Crippen LogP contribution in [0.25, 0.3) is 0 Å². The normalized spacial score (nSPS) is 19.0. The van der Waals surface area contributed by atoms with Crippen molar-refractivity contribution in [2.45, 2.75) is 51.9 Å². The molecular weight excluding hydrogens is 344 g/mol. The molecule has 3 rings (SSSR count). The van der Waals surface area contributed by atoms with Crippen LogP contribution in [0.4, 0.5) is 4.39 Å². The molecule has 1 atom stereocenters. The van der Waals surface area contributed by atoms with Crippen molar-refractivity contribution in [3.8, 4) is 0 Å². The van der Waals surface area contributed by atoms with E-state index in [1.807, 2.05) is 52.0 Å². The molecule has 1 fully saturated rings. The summed E-state index contributed by atoms with van der Waals surface area (Å²) in [5.74, 6) is -0.462. The number of rotatable bonds is 4. The summed E-state index contributed by atoms with van der Waals surface area (Å²) < 4.78 is 25.4. The minimum Gasteiger partial charge on any atom is -0.399 e. The molecule has 0 aliphatic carbocycles. The van der Waals surface area contributed by atoms with Gasteiger partial charge in [0.2, 0.25) is 5.91 Å². The van der Waals surface area contributed by atoms with Gasteiger partial charge < -0.3 is 14.6 Å². The molecule has 1 heterocycles. The molecule has 142 valence electrons. The fraction of sp³-hybridized carbons (Fsp3) is 0.381. The molecule has 1 unspecified atom stereocenters. The fourth-order valence-corrected chi connectivity index (χ4v) is 3.04. The summed E-state index contributed by atoms with van der Waals surface area (Å²) >= 11 is 0. The first-order chi connectivity index (χ1) is 12.6. The third-order valence-electron chi connectivity index (χ3n) is 5.35. The van der Waals surface area contributed by atoms with Gasteiger partial charge in [-0.2, -0.15) is 0 Å². The molecule has 6 heteroatoms. The van der Waals surface area contributed by atoms with Crippen molar-refractivity contribution in [3.05, 3.63) is 65.5 Å². The van der Waals surface area contributed by atoms with E-state index < -0.39 is 18.3 Å². The van der Waals surface area contributed by atoms with Crippen molar-refractivity contribution in [2.75, 3.05) is 0 Å². The van der Waals surface area contributed by atoms with Gasteiger partial charge in [0, 0.05) is 6.92 Å². The van der Waals surface area contributed by atoms with E-state index in [9.17, 15) is 9.18 Å². The Kier molecular flexibility index (Phi) is 5.15. The van der Waals surface area contributed by atoms with Gasteiger partial charge in [-0.1, -0.05) is 36.4 Å². The highest BCUT2D eigenvalue weighted by Gasteiger charge is 2.51. The molecule has 0 saturated carbocycles. The van der Waals surface area contributed by atoms with E-state index in [4.69, 9.17) is 9.31 Å². The molecule has 2 aromatic rings. The maximum Gasteiger partial charge on any atom is 0.494 e. The average molecular weight is 369 g/mol. The number of carbonyl (C=O) groups excluding carboxylic acids is 1. The molecular formula is C21H25BFNO3. The second-order valence-electron chi connectivity index (χ2n) is 7.94. The standard InChI is InChI=1S/C21H25BFNO3/c1-14(25)24-19(16-8-12-18(23)13-9-16)15-6-10-17(11-7-15)22-26-20(2,3)21(4,5)27-22/h6-13,19H,1-5H3,(H,24,25). The van der Waals surface area contributed by atoms with Crippen molar-refractivity contribution in [1.29, 1.82) is 0 Å². The molecule has 1 aliphatic heterocycles. The predicted molar refractivity (Wildman–Crippen MR) is 104 cm³/mol. The molecule has 1 N–H and O–H groups in total. The van der Waals surface area contributed by atoms with E-state index in [1.165, 1.54) is 19.1 Å². The molecule has 0 radical (unpaired) electrons. The van der Waals surface area contributed by atoms with Gasteiger partial charge in [-0.25, -0.2) is 4.39 Å². The van der Waals surface area contributed by atoms with Gasteiger partial charge in [0.05, 0.1) is 17.2 Å². The molecule has 2 aromatic carbocycles. The van der Waals surface area contributed by atoms with E-state index in [-0.39, 0.29) is 17.8 Å². The van der Waals surface area contributed by atoms with Crippen LogP contribution in [0.3, 0.4) is 0 Å². The van der Waals surface area contributed by atoms with Crippen LogP contribution in [0.15, 0.2) is 48.5 Å². The largest absolute Gasteiger partial charge is 0.494 e. The zero-order valence-electron chi connectivity index (χ0n) is 16.4. The monoisotopic (exact) mass is 369 g/mol. The van der Waals surface area contributed by atoms with E-state index in [0.29, 0.717) is 0 Å². The quantitative estimate of drug-likeness (QED) is 0.841. The average Bonchev–Trinajstić information content (AvgIpc) is 2.81. The number of nitrogens with one attached hydrogen (secondary N) is 1. The fourth-order valence-electron chi connectivity index (χ4n) is 3.04. The van der Waals surface area contributed by atoms with Crippen LogP contribution in [-0.2, 0) is 14.1 Å². The Hall–Kier alpha value is -2.18. The Balaban J connectivity index is 1.86. The first-order valence-electron chi connectivity index (χ1n) is 9.07. The number of carbonyl (C=O) groups is 1. The summed E-state index contributed by atoms with van der Waals surface area (Å²) in [5.41, 5.74) is 1.83. The first kappa shape index (κ1) is 19.6. The highest BCUT2D eigenvalue weighted by atomic mass is 19.1. The van der Waals surface area contributed by atoms with Crippen LogP contribution in [0.2, 0.25) is 0 Å². The minimum atomic E-state index is -0.436. The zero-order valence-corrected chi connectivity index (χ0v) is 16.4. The van der Waals surface area contributed by atoms with Crippen LogP contribution >= 0.6 is 0 Å². The lowest BCUT2D eigenvalue weighted by molar-refractivity contribution is -0.119. The number of benzene rings is 2. The zero-order chi connectivity index (χ0) is 19.8. The Bertz CT molecular complexity index is 802. The van der Waals surface area contributed by atoms with Gasteiger partial charge in [0.15, 0.2) is 0 Å². The van der Waals surface area contributed by atoms with Gasteiger partial charge in [-0.05, 0) is 56.4 Å². The van der Waals surface area contributed by atoms with E-state index >= 15 is 0 Å². The van der Waals surface area contributed by atoms with Gasteiger partial charge in [-0.15, -0.1) is 0 Å². The topological polar surface area (TPSA) is 47.6 Å². The lowest BCUT2D eigenvalue weighted by Crippen LogP contribution is -2.41. The summed E-state index contributed by atoms with van der Waals surface area (Å²) in [6, 6.07) is 13.5. The maximum absolute atomic E-state index is 13.3. The molecule has 0 aromatic heterocycles. The first-order valence-corrected chi connectivity index (χ1v) is 9.07. The lowest BCUT2D eigenvalue weighted by atomic mass is 9.78. The molecule has 0 spiro atoms. The number of hydrogen-bond acceptors (Lipinski definition) is 3. The van der Waals surface area contributed by atoms with Crippen LogP contribution in [0.5, 0.6) is 0 Å². The van der Waals surface area contributed by atoms with Crippen molar-refractivity contribution in [1.82, 2.24) is 5.32 Å². The summed E-state index contributed by atoms with van der Waals surface area (Å²) in [5, 5.41) is 2.92. The second-order valence-corrected chi connectivity index (χ2v) is 7.94. The van der Waals surface area contributed by atoms with Crippen molar-refractivity contribution >= 4 is 18.5 Å². The van der Waals surface area contributed by atoms with E-state index in [2.05, 4.69) is 5.32 Å². The van der Waals surface area contributed by atoms with Crippen LogP contribution in [0.1, 0.15) is 51.8 Å². The summed E-state index contributed by atoms with van der Waals surface area (Å²) in [6.45, 7) is 9.53. The minimum absolute atomic E-state index is 0.153. The van der Waals surface area contributed by atoms with Gasteiger partial charge >= 0.3 is 7.12 Å². The lowest BCUT2D eigenvalue weighted by Gasteiger charge is -2.32. The molecule has 0 bridgehead atoms. The third kappa shape index (κ3) is 4.07. The van der Waals surface area contributed by atoms with Crippen LogP contribution in [0, 0.1) is 5.82 Å². The molecule has 1 aliphatic rings. The SMILES string of the molecule is CC(=O)NC(c1ccc(F)cc1)c1ccc(B2OC(C)(C)C(C)(C)O2)cc1. The molecule has 1 saturated heterocycles. The van der Waals surface area contributed by atoms with Crippen molar-refractivity contribution < 1.29 is 18.5 Å². The van der Waals surface area contributed by atoms with Crippen LogP contribution < -0.4 is 10.8 Å². The van der Waals surface area contributed by atoms with E-state index in [1.54, 1.807) is 12.1 Å². The Morgan fingerprint density at radius 2 is 1.37 bits per heavy atom. The van der Waals surface area contributed by atoms with Crippen LogP contribution in [-0.4, -0.2) is 24.2 Å². The number of hydrogen-bond donors (Lipinski definition) is 1. The van der Waals surface area contributed by atoms with E-state index in [0.717, 1.165) is 16.6 Å². The van der Waals surface area contributed by atoms with Gasteiger partial charge in [-0.3, -0.25) is 4.79 Å². The maximum atomic E-state index is 13.3. The summed E-state index contributed by atoms with van der Waals surface area (Å²) in [4.78, 5) is 11.7. The van der Waals surface area contributed by atoms with Gasteiger partial charge in [0.25, 0.3) is 0 Å². The Morgan fingerprint density at radius 3 is 1.81 bits per heavy atom. The molecule has 1 amide bonds. The van der Waals surface area contributed by atoms with Crippen molar-refractivity contribution in [3.63, 3.8) is 0 Å². The second kappa shape index (κ2) is 7.10. The highest BCUT2D eigenvalue weighted by molar-refractivity contribution is 6.62. The molecule has 27 heavy (non-hydrogen) atoms. The van der Waals surface area contributed by atoms with Gasteiger partial charge in [0.1, 0.15) is 5.82 Å². The predicted octanol–water partition coefficient (Wildman–Crippen LogP) is 3.35.